The number of hydrogen-bond acceptors (Lipinski definition) is 3. The fourth-order valence-corrected chi connectivity index (χ4v) is 3.31. The monoisotopic (exact) mass is 396 g/mol. The second-order valence-electron chi connectivity index (χ2n) is 8.24. The van der Waals surface area contributed by atoms with Crippen LogP contribution in [-0.4, -0.2) is 23.1 Å². The van der Waals surface area contributed by atoms with E-state index in [4.69, 9.17) is 4.84 Å². The molecule has 2 aromatic rings. The highest BCUT2D eigenvalue weighted by molar-refractivity contribution is 5.76. The van der Waals surface area contributed by atoms with Crippen molar-refractivity contribution in [3.8, 4) is 0 Å². The van der Waals surface area contributed by atoms with Crippen LogP contribution in [0.5, 0.6) is 0 Å². The first-order valence-electron chi connectivity index (χ1n) is 10.8. The third-order valence-electron chi connectivity index (χ3n) is 4.89. The Labute approximate surface area is 176 Å². The van der Waals surface area contributed by atoms with E-state index >= 15 is 0 Å². The molecule has 4 nitrogen and oxygen atoms in total. The Kier molecular flexibility index (Phi) is 9.89. The summed E-state index contributed by atoms with van der Waals surface area (Å²) < 4.78 is 0. The molecule has 1 N–H and O–H groups in total. The average Bonchev–Trinajstić information content (AvgIpc) is 2.69. The zero-order chi connectivity index (χ0) is 21.0. The molecule has 0 atom stereocenters. The van der Waals surface area contributed by atoms with E-state index in [2.05, 4.69) is 50.4 Å². The van der Waals surface area contributed by atoms with Crippen molar-refractivity contribution in [3.63, 3.8) is 0 Å². The van der Waals surface area contributed by atoms with Crippen molar-refractivity contribution in [2.75, 3.05) is 6.61 Å². The molecule has 0 saturated carbocycles. The van der Waals surface area contributed by atoms with Crippen LogP contribution in [0.4, 0.5) is 0 Å². The number of nitrogens with zero attached hydrogens (tertiary/aromatic N) is 1. The van der Waals surface area contributed by atoms with Gasteiger partial charge in [0.25, 0.3) is 0 Å². The van der Waals surface area contributed by atoms with E-state index in [1.54, 1.807) is 0 Å². The molecule has 4 heteroatoms. The van der Waals surface area contributed by atoms with Gasteiger partial charge in [0.15, 0.2) is 0 Å². The Bertz CT molecular complexity index is 660. The largest absolute Gasteiger partial charge is 0.351 e. The van der Waals surface area contributed by atoms with Crippen molar-refractivity contribution in [3.05, 3.63) is 71.8 Å². The molecule has 0 aliphatic rings. The molecule has 158 valence electrons. The summed E-state index contributed by atoms with van der Waals surface area (Å²) >= 11 is 0. The highest BCUT2D eigenvalue weighted by Crippen LogP contribution is 2.15. The fourth-order valence-electron chi connectivity index (χ4n) is 3.31. The van der Waals surface area contributed by atoms with Gasteiger partial charge in [-0.25, -0.2) is 0 Å². The first-order valence-corrected chi connectivity index (χ1v) is 10.8. The Balaban J connectivity index is 1.84. The lowest BCUT2D eigenvalue weighted by Gasteiger charge is -2.27. The molecule has 0 unspecified atom stereocenters. The van der Waals surface area contributed by atoms with Gasteiger partial charge in [-0.2, -0.15) is 5.06 Å². The summed E-state index contributed by atoms with van der Waals surface area (Å²) in [6.07, 6.45) is 4.90. The molecule has 0 aromatic heterocycles. The average molecular weight is 397 g/mol. The lowest BCUT2D eigenvalue weighted by Crippen LogP contribution is -2.43. The van der Waals surface area contributed by atoms with Crippen molar-refractivity contribution >= 4 is 5.91 Å². The lowest BCUT2D eigenvalue weighted by molar-refractivity contribution is -0.176. The van der Waals surface area contributed by atoms with Crippen molar-refractivity contribution in [1.82, 2.24) is 10.4 Å². The highest BCUT2D eigenvalue weighted by atomic mass is 16.7. The molecule has 1 amide bonds. The molecule has 2 aromatic carbocycles. The molecule has 0 radical (unpaired) electrons. The summed E-state index contributed by atoms with van der Waals surface area (Å²) in [5, 5.41) is 5.09. The summed E-state index contributed by atoms with van der Waals surface area (Å²) in [5.74, 6) is 0.0471. The van der Waals surface area contributed by atoms with Crippen LogP contribution in [0.1, 0.15) is 64.0 Å². The fraction of sp³-hybridized carbons (Fsp3) is 0.480. The minimum Gasteiger partial charge on any atom is -0.351 e. The minimum atomic E-state index is -0.167. The van der Waals surface area contributed by atoms with Gasteiger partial charge in [-0.3, -0.25) is 9.63 Å². The van der Waals surface area contributed by atoms with Gasteiger partial charge in [0.05, 0.1) is 13.0 Å². The van der Waals surface area contributed by atoms with Crippen LogP contribution in [0.15, 0.2) is 60.7 Å². The molecule has 0 heterocycles. The van der Waals surface area contributed by atoms with E-state index in [0.29, 0.717) is 26.1 Å². The summed E-state index contributed by atoms with van der Waals surface area (Å²) in [7, 11) is 0. The van der Waals surface area contributed by atoms with E-state index in [1.807, 2.05) is 41.5 Å². The quantitative estimate of drug-likeness (QED) is 0.360. The Morgan fingerprint density at radius 3 is 2.00 bits per heavy atom. The first-order chi connectivity index (χ1) is 14.0. The lowest BCUT2D eigenvalue weighted by atomic mass is 9.96. The van der Waals surface area contributed by atoms with Crippen LogP contribution in [-0.2, 0) is 22.7 Å². The number of benzene rings is 2. The van der Waals surface area contributed by atoms with E-state index in [0.717, 1.165) is 12.8 Å². The zero-order valence-electron chi connectivity index (χ0n) is 18.2. The van der Waals surface area contributed by atoms with Crippen molar-refractivity contribution in [2.24, 2.45) is 0 Å². The third kappa shape index (κ3) is 9.73. The topological polar surface area (TPSA) is 41.6 Å². The van der Waals surface area contributed by atoms with Gasteiger partial charge in [0.2, 0.25) is 5.91 Å². The molecule has 29 heavy (non-hydrogen) atoms. The second kappa shape index (κ2) is 12.4. The number of carbonyl (C=O) groups excluding carboxylic acids is 1. The van der Waals surface area contributed by atoms with Crippen molar-refractivity contribution in [2.45, 2.75) is 71.5 Å². The summed E-state index contributed by atoms with van der Waals surface area (Å²) in [4.78, 5) is 18.4. The molecule has 0 aliphatic heterocycles. The molecule has 0 spiro atoms. The van der Waals surface area contributed by atoms with Gasteiger partial charge in [-0.15, -0.1) is 0 Å². The van der Waals surface area contributed by atoms with E-state index in [-0.39, 0.29) is 11.4 Å². The minimum absolute atomic E-state index is 0.0471. The first kappa shape index (κ1) is 23.1. The van der Waals surface area contributed by atoms with Crippen LogP contribution < -0.4 is 5.32 Å². The number of amides is 1. The van der Waals surface area contributed by atoms with Gasteiger partial charge >= 0.3 is 0 Å². The predicted octanol–water partition coefficient (Wildman–Crippen LogP) is 5.49. The smallest absolute Gasteiger partial charge is 0.222 e. The molecule has 2 rings (SSSR count). The normalized spacial score (nSPS) is 11.6. The van der Waals surface area contributed by atoms with Crippen LogP contribution in [0.3, 0.4) is 0 Å². The van der Waals surface area contributed by atoms with Crippen molar-refractivity contribution in [1.29, 1.82) is 0 Å². The van der Waals surface area contributed by atoms with Crippen molar-refractivity contribution < 1.29 is 9.63 Å². The second-order valence-corrected chi connectivity index (χ2v) is 8.24. The predicted molar refractivity (Wildman–Crippen MR) is 119 cm³/mol. The van der Waals surface area contributed by atoms with Gasteiger partial charge in [-0.1, -0.05) is 86.8 Å². The van der Waals surface area contributed by atoms with E-state index in [9.17, 15) is 4.79 Å². The third-order valence-corrected chi connectivity index (χ3v) is 4.89. The van der Waals surface area contributed by atoms with Crippen LogP contribution >= 0.6 is 0 Å². The Morgan fingerprint density at radius 2 is 1.48 bits per heavy atom. The SMILES string of the molecule is CCCCCC(C)(C)NC(=O)CCON(Cc1ccccc1)Cc1ccccc1. The van der Waals surface area contributed by atoms with Crippen LogP contribution in [0, 0.1) is 0 Å². The number of carbonyl (C=O) groups is 1. The standard InChI is InChI=1S/C25H36N2O2/c1-4-5-12-18-25(2,3)26-24(28)17-19-29-27(20-22-13-8-6-9-14-22)21-23-15-10-7-11-16-23/h6-11,13-16H,4-5,12,17-21H2,1-3H3,(H,26,28). The molecule has 0 aliphatic carbocycles. The maximum Gasteiger partial charge on any atom is 0.222 e. The molecular weight excluding hydrogens is 360 g/mol. The maximum atomic E-state index is 12.4. The van der Waals surface area contributed by atoms with Gasteiger partial charge in [0, 0.05) is 18.6 Å². The van der Waals surface area contributed by atoms with E-state index < -0.39 is 0 Å². The Morgan fingerprint density at radius 1 is 0.931 bits per heavy atom. The maximum absolute atomic E-state index is 12.4. The molecule has 0 bridgehead atoms. The number of nitrogens with one attached hydrogen (secondary N) is 1. The Hall–Kier alpha value is -2.17. The van der Waals surface area contributed by atoms with Crippen LogP contribution in [0.25, 0.3) is 0 Å². The number of hydroxylamine groups is 2. The highest BCUT2D eigenvalue weighted by Gasteiger charge is 2.19. The van der Waals surface area contributed by atoms with Gasteiger partial charge < -0.3 is 5.32 Å². The number of hydrogen-bond donors (Lipinski definition) is 1. The summed E-state index contributed by atoms with van der Waals surface area (Å²) in [6, 6.07) is 20.5. The summed E-state index contributed by atoms with van der Waals surface area (Å²) in [6.45, 7) is 8.12. The summed E-state index contributed by atoms with van der Waals surface area (Å²) in [5.41, 5.74) is 2.20. The molecule has 0 fully saturated rings. The zero-order valence-corrected chi connectivity index (χ0v) is 18.2. The molecule has 0 saturated heterocycles. The number of unbranched alkanes of at least 4 members (excludes halogenated alkanes) is 2. The van der Waals surface area contributed by atoms with Gasteiger partial charge in [-0.05, 0) is 31.4 Å². The number of rotatable bonds is 13. The molecular formula is C25H36N2O2. The van der Waals surface area contributed by atoms with Gasteiger partial charge in [0.1, 0.15) is 0 Å². The van der Waals surface area contributed by atoms with Crippen LogP contribution in [0.2, 0.25) is 0 Å². The van der Waals surface area contributed by atoms with E-state index in [1.165, 1.54) is 24.0 Å².